The summed E-state index contributed by atoms with van der Waals surface area (Å²) < 4.78 is 2.40. The van der Waals surface area contributed by atoms with Gasteiger partial charge in [0.15, 0.2) is 0 Å². The molecule has 3 aliphatic heterocycles. The third kappa shape index (κ3) is 3.89. The van der Waals surface area contributed by atoms with Gasteiger partial charge < -0.3 is 4.90 Å². The molecule has 11 rings (SSSR count). The maximum atomic E-state index is 5.10. The van der Waals surface area contributed by atoms with Crippen molar-refractivity contribution < 1.29 is 0 Å². The van der Waals surface area contributed by atoms with Gasteiger partial charge >= 0.3 is 0 Å². The zero-order valence-corrected chi connectivity index (χ0v) is 31.5. The monoisotopic (exact) mass is 699 g/mol. The lowest BCUT2D eigenvalue weighted by Gasteiger charge is -2.48. The van der Waals surface area contributed by atoms with Gasteiger partial charge in [0, 0.05) is 62.0 Å². The Morgan fingerprint density at radius 2 is 1.04 bits per heavy atom. The molecule has 0 saturated carbocycles. The molecule has 0 amide bonds. The Labute approximate surface area is 316 Å². The van der Waals surface area contributed by atoms with Crippen LogP contribution in [0.25, 0.3) is 27.6 Å². The van der Waals surface area contributed by atoms with Crippen molar-refractivity contribution in [1.82, 2.24) is 14.5 Å². The fourth-order valence-corrected chi connectivity index (χ4v) is 10.0. The Balaban J connectivity index is 1.17. The Kier molecular flexibility index (Phi) is 6.08. The summed E-state index contributed by atoms with van der Waals surface area (Å²) in [5.41, 5.74) is 16.3. The van der Waals surface area contributed by atoms with Crippen LogP contribution in [-0.2, 0) is 16.2 Å². The lowest BCUT2D eigenvalue weighted by Crippen LogP contribution is -2.38. The second kappa shape index (κ2) is 10.5. The van der Waals surface area contributed by atoms with Crippen LogP contribution in [0.1, 0.15) is 74.9 Å². The molecule has 6 heterocycles. The molecule has 0 saturated heterocycles. The highest BCUT2D eigenvalue weighted by Crippen LogP contribution is 2.60. The number of benzene rings is 5. The van der Waals surface area contributed by atoms with E-state index in [1.807, 2.05) is 18.5 Å². The fourth-order valence-electron chi connectivity index (χ4n) is 10.0. The van der Waals surface area contributed by atoms with E-state index in [4.69, 9.17) is 9.97 Å². The second-order valence-corrected chi connectivity index (χ2v) is 16.8. The topological polar surface area (TPSA) is 37.2 Å². The van der Waals surface area contributed by atoms with Crippen molar-refractivity contribution in [2.24, 2.45) is 0 Å². The van der Waals surface area contributed by atoms with E-state index in [2.05, 4.69) is 177 Å². The van der Waals surface area contributed by atoms with E-state index < -0.39 is 0 Å². The number of fused-ring (bicyclic) bond motifs is 9. The Morgan fingerprint density at radius 3 is 1.80 bits per heavy atom. The maximum Gasteiger partial charge on any atom is 0.145 e. The lowest BCUT2D eigenvalue weighted by atomic mass is 9.67. The summed E-state index contributed by atoms with van der Waals surface area (Å²) in [6.45, 7) is 14.1. The van der Waals surface area contributed by atoms with Gasteiger partial charge in [-0.3, -0.25) is 9.47 Å². The predicted octanol–water partition coefficient (Wildman–Crippen LogP) is 12.4. The molecule has 5 aromatic carbocycles. The SMILES string of the molecule is CC1(C)c2ccc(N(c3ccccc3)c3ccc4c(c3)-n3c5ncccc5c5cccc(c53)C4(C)C)cc2N2c3ncccc3C(C)(C)c3cccc1c32. The molecule has 0 radical (unpaired) electrons. The van der Waals surface area contributed by atoms with Crippen LogP contribution in [0.15, 0.2) is 140 Å². The minimum absolute atomic E-state index is 0.189. The molecule has 54 heavy (non-hydrogen) atoms. The van der Waals surface area contributed by atoms with Crippen molar-refractivity contribution in [1.29, 1.82) is 0 Å². The van der Waals surface area contributed by atoms with Gasteiger partial charge in [0.2, 0.25) is 0 Å². The largest absolute Gasteiger partial charge is 0.310 e. The third-order valence-electron chi connectivity index (χ3n) is 12.8. The number of rotatable bonds is 3. The summed E-state index contributed by atoms with van der Waals surface area (Å²) in [5, 5.41) is 2.43. The maximum absolute atomic E-state index is 5.10. The van der Waals surface area contributed by atoms with Crippen molar-refractivity contribution in [3.8, 4) is 5.69 Å². The van der Waals surface area contributed by atoms with Gasteiger partial charge in [-0.05, 0) is 82.4 Å². The number of pyridine rings is 2. The average Bonchev–Trinajstić information content (AvgIpc) is 3.52. The first-order valence-corrected chi connectivity index (χ1v) is 19.0. The van der Waals surface area contributed by atoms with Gasteiger partial charge in [-0.2, -0.15) is 0 Å². The third-order valence-corrected chi connectivity index (χ3v) is 12.8. The summed E-state index contributed by atoms with van der Waals surface area (Å²) in [5.74, 6) is 1.01. The second-order valence-electron chi connectivity index (χ2n) is 16.8. The van der Waals surface area contributed by atoms with Gasteiger partial charge in [-0.25, -0.2) is 9.97 Å². The summed E-state index contributed by atoms with van der Waals surface area (Å²) in [4.78, 5) is 14.9. The van der Waals surface area contributed by atoms with E-state index in [0.717, 1.165) is 28.5 Å². The molecule has 0 spiro atoms. The number of nitrogens with zero attached hydrogens (tertiary/aromatic N) is 5. The summed E-state index contributed by atoms with van der Waals surface area (Å²) >= 11 is 0. The zero-order valence-electron chi connectivity index (χ0n) is 31.5. The zero-order chi connectivity index (χ0) is 36.7. The van der Waals surface area contributed by atoms with Crippen LogP contribution < -0.4 is 9.80 Å². The first-order chi connectivity index (χ1) is 26.1. The Morgan fingerprint density at radius 1 is 0.463 bits per heavy atom. The van der Waals surface area contributed by atoms with Crippen LogP contribution in [0.3, 0.4) is 0 Å². The smallest absolute Gasteiger partial charge is 0.145 e. The Hall–Kier alpha value is -6.20. The molecule has 5 nitrogen and oxygen atoms in total. The fraction of sp³-hybridized carbons (Fsp3) is 0.184. The van der Waals surface area contributed by atoms with Crippen LogP contribution in [0.2, 0.25) is 0 Å². The number of aromatic nitrogens is 3. The van der Waals surface area contributed by atoms with Gasteiger partial charge in [0.25, 0.3) is 0 Å². The van der Waals surface area contributed by atoms with Gasteiger partial charge in [0.1, 0.15) is 11.5 Å². The van der Waals surface area contributed by atoms with E-state index in [1.165, 1.54) is 66.7 Å². The minimum atomic E-state index is -0.214. The highest BCUT2D eigenvalue weighted by atomic mass is 15.2. The number of para-hydroxylation sites is 3. The highest BCUT2D eigenvalue weighted by molar-refractivity contribution is 6.10. The molecule has 5 heteroatoms. The number of anilines is 6. The quantitative estimate of drug-likeness (QED) is 0.184. The highest BCUT2D eigenvalue weighted by Gasteiger charge is 2.46. The molecule has 8 aromatic rings. The molecule has 3 aliphatic rings. The molecule has 0 aliphatic carbocycles. The summed E-state index contributed by atoms with van der Waals surface area (Å²) in [6, 6.07) is 47.0. The summed E-state index contributed by atoms with van der Waals surface area (Å²) in [7, 11) is 0. The van der Waals surface area contributed by atoms with Crippen molar-refractivity contribution in [3.05, 3.63) is 173 Å². The average molecular weight is 700 g/mol. The normalized spacial score (nSPS) is 16.4. The molecule has 0 unspecified atom stereocenters. The number of hydrogen-bond acceptors (Lipinski definition) is 4. The minimum Gasteiger partial charge on any atom is -0.310 e. The van der Waals surface area contributed by atoms with Crippen LogP contribution >= 0.6 is 0 Å². The first-order valence-electron chi connectivity index (χ1n) is 19.0. The van der Waals surface area contributed by atoms with E-state index in [1.54, 1.807) is 0 Å². The van der Waals surface area contributed by atoms with E-state index in [-0.39, 0.29) is 16.2 Å². The molecule has 262 valence electrons. The molecule has 0 N–H and O–H groups in total. The van der Waals surface area contributed by atoms with Crippen molar-refractivity contribution >= 4 is 56.2 Å². The predicted molar refractivity (Wildman–Crippen MR) is 222 cm³/mol. The summed E-state index contributed by atoms with van der Waals surface area (Å²) in [6.07, 6.45) is 3.85. The molecular formula is C49H41N5. The van der Waals surface area contributed by atoms with Crippen LogP contribution in [0.4, 0.5) is 34.3 Å². The number of hydrogen-bond donors (Lipinski definition) is 0. The van der Waals surface area contributed by atoms with Crippen molar-refractivity contribution in [2.75, 3.05) is 9.80 Å². The van der Waals surface area contributed by atoms with Crippen molar-refractivity contribution in [3.63, 3.8) is 0 Å². The molecular weight excluding hydrogens is 659 g/mol. The molecule has 3 aromatic heterocycles. The molecule has 0 fully saturated rings. The molecule has 0 atom stereocenters. The standard InChI is InChI=1S/C49H41N5/c1-47(2)35-24-22-31(28-41(35)53-43-33(16-10-18-37(43)47)34-17-12-26-50-45(34)53)52(30-14-8-7-9-15-30)32-23-25-36-42(29-32)54-44-38(48(36,3)4)19-11-20-39(44)49(5,6)40-21-13-27-51-46(40)54/h7-29H,1-6H3. The van der Waals surface area contributed by atoms with Crippen LogP contribution in [0.5, 0.6) is 0 Å². The van der Waals surface area contributed by atoms with Crippen molar-refractivity contribution in [2.45, 2.75) is 57.8 Å². The molecule has 0 bridgehead atoms. The lowest BCUT2D eigenvalue weighted by molar-refractivity contribution is 0.594. The van der Waals surface area contributed by atoms with E-state index in [0.29, 0.717) is 0 Å². The Bertz CT molecular complexity index is 2860. The van der Waals surface area contributed by atoms with Gasteiger partial charge in [0.05, 0.1) is 22.6 Å². The first kappa shape index (κ1) is 31.3. The van der Waals surface area contributed by atoms with E-state index in [9.17, 15) is 0 Å². The van der Waals surface area contributed by atoms with Crippen LogP contribution in [-0.4, -0.2) is 14.5 Å². The van der Waals surface area contributed by atoms with E-state index >= 15 is 0 Å². The van der Waals surface area contributed by atoms with Gasteiger partial charge in [-0.1, -0.05) is 114 Å². The van der Waals surface area contributed by atoms with Crippen LogP contribution in [0, 0.1) is 0 Å². The van der Waals surface area contributed by atoms with Gasteiger partial charge in [-0.15, -0.1) is 0 Å².